The number of carboxylic acid groups (broad SMARTS) is 1. The Bertz CT molecular complexity index is 925. The first kappa shape index (κ1) is 19.4. The van der Waals surface area contributed by atoms with E-state index in [1.807, 2.05) is 12.1 Å². The van der Waals surface area contributed by atoms with Crippen molar-refractivity contribution in [2.24, 2.45) is 0 Å². The number of amides is 1. The maximum Gasteiger partial charge on any atom is 0.339 e. The topological polar surface area (TPSA) is 98.0 Å². The molecule has 2 N–H and O–H groups in total. The van der Waals surface area contributed by atoms with E-state index in [0.29, 0.717) is 31.9 Å². The van der Waals surface area contributed by atoms with Gasteiger partial charge in [-0.3, -0.25) is 4.79 Å². The molecule has 1 aromatic heterocycles. The quantitative estimate of drug-likeness (QED) is 0.771. The molecule has 0 spiro atoms. The highest BCUT2D eigenvalue weighted by Crippen LogP contribution is 2.43. The molecule has 2 aromatic rings. The van der Waals surface area contributed by atoms with Crippen LogP contribution in [-0.4, -0.2) is 36.7 Å². The number of nitrogens with one attached hydrogen (secondary N) is 1. The summed E-state index contributed by atoms with van der Waals surface area (Å²) in [6.45, 7) is 3.33. The van der Waals surface area contributed by atoms with Crippen LogP contribution < -0.4 is 14.8 Å². The lowest BCUT2D eigenvalue weighted by Crippen LogP contribution is -2.39. The minimum Gasteiger partial charge on any atom is -0.486 e. The van der Waals surface area contributed by atoms with E-state index in [-0.39, 0.29) is 16.7 Å². The zero-order chi connectivity index (χ0) is 20.4. The second-order valence-corrected chi connectivity index (χ2v) is 7.63. The first-order chi connectivity index (χ1) is 14.0. The molecule has 2 heterocycles. The zero-order valence-electron chi connectivity index (χ0n) is 16.5. The minimum absolute atomic E-state index is 0.0366. The largest absolute Gasteiger partial charge is 0.486 e. The maximum absolute atomic E-state index is 12.7. The molecule has 1 saturated carbocycles. The molecule has 0 bridgehead atoms. The Kier molecular flexibility index (Phi) is 5.22. The third-order valence-electron chi connectivity index (χ3n) is 5.89. The molecule has 154 valence electrons. The normalized spacial score (nSPS) is 17.1. The van der Waals surface area contributed by atoms with E-state index in [4.69, 9.17) is 13.9 Å². The number of hydrogen-bond donors (Lipinski definition) is 2. The Labute approximate surface area is 169 Å². The molecular formula is C22H25NO6. The molecule has 0 atom stereocenters. The van der Waals surface area contributed by atoms with E-state index in [2.05, 4.69) is 11.4 Å². The van der Waals surface area contributed by atoms with Crippen molar-refractivity contribution in [1.82, 2.24) is 5.32 Å². The van der Waals surface area contributed by atoms with Crippen molar-refractivity contribution in [3.63, 3.8) is 0 Å². The number of carbonyl (C=O) groups excluding carboxylic acids is 1. The molecule has 29 heavy (non-hydrogen) atoms. The van der Waals surface area contributed by atoms with Crippen LogP contribution in [0.3, 0.4) is 0 Å². The number of aryl methyl sites for hydroxylation is 1. The van der Waals surface area contributed by atoms with E-state index in [9.17, 15) is 14.7 Å². The molecule has 2 aliphatic rings. The molecule has 1 aliphatic heterocycles. The van der Waals surface area contributed by atoms with Crippen LogP contribution in [0.15, 0.2) is 28.7 Å². The van der Waals surface area contributed by atoms with Gasteiger partial charge in [0.2, 0.25) is 0 Å². The Morgan fingerprint density at radius 3 is 2.48 bits per heavy atom. The molecule has 7 heteroatoms. The first-order valence-corrected chi connectivity index (χ1v) is 10.1. The molecular weight excluding hydrogens is 374 g/mol. The van der Waals surface area contributed by atoms with Gasteiger partial charge in [0.15, 0.2) is 17.3 Å². The monoisotopic (exact) mass is 399 g/mol. The Hall–Kier alpha value is -2.96. The van der Waals surface area contributed by atoms with Crippen LogP contribution in [0, 0.1) is 0 Å². The zero-order valence-corrected chi connectivity index (χ0v) is 16.5. The van der Waals surface area contributed by atoms with E-state index in [1.54, 1.807) is 6.92 Å². The van der Waals surface area contributed by atoms with Crippen LogP contribution in [0.1, 0.15) is 64.8 Å². The van der Waals surface area contributed by atoms with Crippen molar-refractivity contribution >= 4 is 11.9 Å². The fourth-order valence-electron chi connectivity index (χ4n) is 4.31. The van der Waals surface area contributed by atoms with Gasteiger partial charge >= 0.3 is 5.97 Å². The molecule has 7 nitrogen and oxygen atoms in total. The highest BCUT2D eigenvalue weighted by atomic mass is 16.6. The summed E-state index contributed by atoms with van der Waals surface area (Å²) in [6.07, 6.45) is 4.52. The number of aromatic carboxylic acids is 1. The molecule has 0 radical (unpaired) electrons. The molecule has 1 aliphatic carbocycles. The van der Waals surface area contributed by atoms with Gasteiger partial charge in [-0.2, -0.15) is 0 Å². The fourth-order valence-corrected chi connectivity index (χ4v) is 4.31. The molecule has 1 aromatic carbocycles. The summed E-state index contributed by atoms with van der Waals surface area (Å²) in [6, 6.07) is 7.32. The first-order valence-electron chi connectivity index (χ1n) is 10.1. The van der Waals surface area contributed by atoms with E-state index >= 15 is 0 Å². The summed E-state index contributed by atoms with van der Waals surface area (Å²) < 4.78 is 16.8. The van der Waals surface area contributed by atoms with Crippen molar-refractivity contribution in [3.05, 3.63) is 46.9 Å². The van der Waals surface area contributed by atoms with Gasteiger partial charge in [-0.25, -0.2) is 4.79 Å². The predicted octanol–water partition coefficient (Wildman–Crippen LogP) is 3.55. The number of furan rings is 1. The lowest BCUT2D eigenvalue weighted by atomic mass is 9.78. The molecule has 4 rings (SSSR count). The van der Waals surface area contributed by atoms with Gasteiger partial charge in [0.05, 0.1) is 0 Å². The van der Waals surface area contributed by atoms with E-state index in [1.165, 1.54) is 6.07 Å². The average molecular weight is 399 g/mol. The standard InChI is InChI=1S/C22H25NO6/c1-2-16-15(21(25)26)12-19(29-16)20(24)23-13-22(7-3-4-8-22)14-5-6-17-18(11-14)28-10-9-27-17/h5-6,11-12H,2-4,7-10,13H2,1H3,(H,23,24)(H,25,26). The summed E-state index contributed by atoms with van der Waals surface area (Å²) in [5, 5.41) is 12.2. The van der Waals surface area contributed by atoms with Gasteiger partial charge in [-0.1, -0.05) is 25.8 Å². The SMILES string of the molecule is CCc1oc(C(=O)NCC2(c3ccc4c(c3)OCCO4)CCCC2)cc1C(=O)O. The number of rotatable bonds is 6. The molecule has 1 amide bonds. The second-order valence-electron chi connectivity index (χ2n) is 7.63. The van der Waals surface area contributed by atoms with E-state index < -0.39 is 11.9 Å². The number of fused-ring (bicyclic) bond motifs is 1. The highest BCUT2D eigenvalue weighted by Gasteiger charge is 2.37. The lowest BCUT2D eigenvalue weighted by molar-refractivity contribution is 0.0694. The molecule has 0 saturated heterocycles. The van der Waals surface area contributed by atoms with Gasteiger partial charge in [0, 0.05) is 24.4 Å². The second kappa shape index (κ2) is 7.81. The maximum atomic E-state index is 12.7. The van der Waals surface area contributed by atoms with Crippen LogP contribution in [0.5, 0.6) is 11.5 Å². The number of carbonyl (C=O) groups is 2. The highest BCUT2D eigenvalue weighted by molar-refractivity contribution is 5.96. The van der Waals surface area contributed by atoms with Crippen molar-refractivity contribution in [1.29, 1.82) is 0 Å². The smallest absolute Gasteiger partial charge is 0.339 e. The van der Waals surface area contributed by atoms with Gasteiger partial charge < -0.3 is 24.3 Å². The van der Waals surface area contributed by atoms with Crippen LogP contribution in [0.2, 0.25) is 0 Å². The van der Waals surface area contributed by atoms with Crippen LogP contribution >= 0.6 is 0 Å². The number of carboxylic acids is 1. The van der Waals surface area contributed by atoms with Crippen molar-refractivity contribution in [2.75, 3.05) is 19.8 Å². The van der Waals surface area contributed by atoms with Gasteiger partial charge in [-0.05, 0) is 30.5 Å². The lowest BCUT2D eigenvalue weighted by Gasteiger charge is -2.31. The Morgan fingerprint density at radius 2 is 1.83 bits per heavy atom. The minimum atomic E-state index is -1.09. The van der Waals surface area contributed by atoms with Crippen molar-refractivity contribution < 1.29 is 28.6 Å². The van der Waals surface area contributed by atoms with Crippen molar-refractivity contribution in [3.8, 4) is 11.5 Å². The summed E-state index contributed by atoms with van der Waals surface area (Å²) in [5.41, 5.74) is 0.987. The summed E-state index contributed by atoms with van der Waals surface area (Å²) >= 11 is 0. The number of hydrogen-bond acceptors (Lipinski definition) is 5. The number of ether oxygens (including phenoxy) is 2. The van der Waals surface area contributed by atoms with Gasteiger partial charge in [-0.15, -0.1) is 0 Å². The number of benzene rings is 1. The van der Waals surface area contributed by atoms with Gasteiger partial charge in [0.25, 0.3) is 5.91 Å². The molecule has 0 unspecified atom stereocenters. The Balaban J connectivity index is 1.53. The third kappa shape index (κ3) is 3.69. The Morgan fingerprint density at radius 1 is 1.10 bits per heavy atom. The summed E-state index contributed by atoms with van der Waals surface area (Å²) in [5.74, 6) is 0.362. The average Bonchev–Trinajstić information content (AvgIpc) is 3.39. The summed E-state index contributed by atoms with van der Waals surface area (Å²) in [7, 11) is 0. The van der Waals surface area contributed by atoms with E-state index in [0.717, 1.165) is 42.7 Å². The summed E-state index contributed by atoms with van der Waals surface area (Å²) in [4.78, 5) is 24.0. The molecule has 1 fully saturated rings. The third-order valence-corrected chi connectivity index (χ3v) is 5.89. The predicted molar refractivity (Wildman–Crippen MR) is 105 cm³/mol. The van der Waals surface area contributed by atoms with Crippen molar-refractivity contribution in [2.45, 2.75) is 44.4 Å². The van der Waals surface area contributed by atoms with Crippen LogP contribution in [0.4, 0.5) is 0 Å². The van der Waals surface area contributed by atoms with Crippen LogP contribution in [-0.2, 0) is 11.8 Å². The van der Waals surface area contributed by atoms with Crippen LogP contribution in [0.25, 0.3) is 0 Å². The fraction of sp³-hybridized carbons (Fsp3) is 0.455. The van der Waals surface area contributed by atoms with Gasteiger partial charge in [0.1, 0.15) is 24.5 Å².